The quantitative estimate of drug-likeness (QED) is 0.168. The van der Waals surface area contributed by atoms with Gasteiger partial charge in [0.05, 0.1) is 22.2 Å². The first kappa shape index (κ1) is 32.5. The zero-order chi connectivity index (χ0) is 33.2. The molecule has 0 unspecified atom stereocenters. The number of nitrogens with zero attached hydrogens (tertiary/aromatic N) is 3. The summed E-state index contributed by atoms with van der Waals surface area (Å²) in [6.45, 7) is 7.46. The Morgan fingerprint density at radius 3 is 2.32 bits per heavy atom. The predicted octanol–water partition coefficient (Wildman–Crippen LogP) is 7.33. The lowest BCUT2D eigenvalue weighted by Crippen LogP contribution is -2.42. The van der Waals surface area contributed by atoms with Crippen LogP contribution < -0.4 is 20.1 Å². The number of sulfonamides is 1. The first-order valence-electron chi connectivity index (χ1n) is 16.2. The fourth-order valence-electron chi connectivity index (χ4n) is 6.01. The van der Waals surface area contributed by atoms with Crippen molar-refractivity contribution in [1.82, 2.24) is 20.3 Å². The molecule has 0 atom stereocenters. The molecule has 2 aromatic heterocycles. The van der Waals surface area contributed by atoms with Crippen LogP contribution in [0.2, 0.25) is 0 Å². The number of amides is 1. The number of benzene rings is 2. The number of ether oxygens (including phenoxy) is 2. The molecule has 2 fully saturated rings. The number of rotatable bonds is 9. The van der Waals surface area contributed by atoms with Crippen molar-refractivity contribution in [2.75, 3.05) is 10.0 Å². The lowest BCUT2D eigenvalue weighted by atomic mass is 9.91. The third kappa shape index (κ3) is 7.75. The number of alkyl carbamates (subject to hydrolysis) is 1. The number of aryl methyl sites for hydroxylation is 1. The number of carbonyl (C=O) groups is 1. The summed E-state index contributed by atoms with van der Waals surface area (Å²) in [6.07, 6.45) is 8.66. The largest absolute Gasteiger partial charge is 0.444 e. The van der Waals surface area contributed by atoms with Crippen molar-refractivity contribution in [2.45, 2.75) is 95.6 Å². The average molecular weight is 659 g/mol. The molecule has 0 bridgehead atoms. The maximum absolute atomic E-state index is 13.0. The third-order valence-corrected chi connectivity index (χ3v) is 10.5. The van der Waals surface area contributed by atoms with E-state index in [1.807, 2.05) is 76.2 Å². The molecule has 0 saturated heterocycles. The molecule has 2 saturated carbocycles. The van der Waals surface area contributed by atoms with E-state index in [0.29, 0.717) is 47.4 Å². The Hall–Kier alpha value is -4.45. The molecule has 6 rings (SSSR count). The number of carbonyl (C=O) groups excluding carboxylic acids is 1. The lowest BCUT2D eigenvalue weighted by Gasteiger charge is -2.30. The Bertz CT molecular complexity index is 1860. The van der Waals surface area contributed by atoms with Gasteiger partial charge in [0.15, 0.2) is 0 Å². The highest BCUT2D eigenvalue weighted by Gasteiger charge is 2.32. The van der Waals surface area contributed by atoms with E-state index in [1.165, 1.54) is 0 Å². The first-order valence-corrected chi connectivity index (χ1v) is 17.8. The van der Waals surface area contributed by atoms with E-state index in [4.69, 9.17) is 14.5 Å². The van der Waals surface area contributed by atoms with Gasteiger partial charge in [-0.3, -0.25) is 4.72 Å². The zero-order valence-electron chi connectivity index (χ0n) is 27.2. The molecule has 47 heavy (non-hydrogen) atoms. The van der Waals surface area contributed by atoms with Crippen LogP contribution in [-0.2, 0) is 14.8 Å². The molecule has 248 valence electrons. The van der Waals surface area contributed by atoms with E-state index in [0.717, 1.165) is 48.4 Å². The molecular weight excluding hydrogens is 616 g/mol. The van der Waals surface area contributed by atoms with Gasteiger partial charge in [0.2, 0.25) is 21.9 Å². The van der Waals surface area contributed by atoms with Gasteiger partial charge < -0.3 is 20.1 Å². The molecule has 0 spiro atoms. The molecule has 4 aromatic rings. The number of hydrogen-bond donors (Lipinski definition) is 3. The van der Waals surface area contributed by atoms with Crippen LogP contribution >= 0.6 is 0 Å². The topological polar surface area (TPSA) is 144 Å². The monoisotopic (exact) mass is 658 g/mol. The SMILES string of the molecule is Cc1cc(NS(=O)(=O)C2CCC2)c2ccccc2c1Oc1ncccc1-c1ccnc(N[C@H]2CC[C@H](NC(=O)OC(C)(C)C)CC2)n1. The van der Waals surface area contributed by atoms with Gasteiger partial charge in [-0.2, -0.15) is 0 Å². The molecule has 11 nitrogen and oxygen atoms in total. The summed E-state index contributed by atoms with van der Waals surface area (Å²) in [5.41, 5.74) is 2.13. The normalized spacial score (nSPS) is 18.6. The summed E-state index contributed by atoms with van der Waals surface area (Å²) in [5.74, 6) is 1.48. The standard InChI is InChI=1S/C35H42N6O5S/c1-22-21-30(41-47(43,44)25-9-7-10-25)26-11-5-6-12-27(26)31(22)45-32-28(13-8-19-36-32)29-18-20-37-33(40-29)38-23-14-16-24(17-15-23)39-34(42)46-35(2,3)4/h5-6,8,11-13,18-21,23-25,41H,7,9-10,14-17H2,1-4H3,(H,39,42)(H,37,38,40)/t23-,24-. The van der Waals surface area contributed by atoms with Crippen molar-refractivity contribution in [3.05, 3.63) is 66.5 Å². The van der Waals surface area contributed by atoms with Crippen LogP contribution in [0.1, 0.15) is 71.3 Å². The minimum atomic E-state index is -3.47. The molecule has 3 N–H and O–H groups in total. The fourth-order valence-corrected chi connectivity index (χ4v) is 7.60. The predicted molar refractivity (Wildman–Crippen MR) is 183 cm³/mol. The van der Waals surface area contributed by atoms with Crippen LogP contribution in [0.3, 0.4) is 0 Å². The van der Waals surface area contributed by atoms with Gasteiger partial charge in [-0.1, -0.05) is 30.7 Å². The molecule has 0 radical (unpaired) electrons. The van der Waals surface area contributed by atoms with Gasteiger partial charge in [0.25, 0.3) is 0 Å². The molecule has 1 amide bonds. The summed E-state index contributed by atoms with van der Waals surface area (Å²) >= 11 is 0. The number of pyridine rings is 1. The van der Waals surface area contributed by atoms with Gasteiger partial charge >= 0.3 is 6.09 Å². The minimum absolute atomic E-state index is 0.0711. The van der Waals surface area contributed by atoms with Crippen molar-refractivity contribution >= 4 is 38.5 Å². The van der Waals surface area contributed by atoms with Crippen molar-refractivity contribution in [1.29, 1.82) is 0 Å². The van der Waals surface area contributed by atoms with Crippen LogP contribution in [0.15, 0.2) is 60.9 Å². The average Bonchev–Trinajstić information content (AvgIpc) is 2.98. The second kappa shape index (κ2) is 13.3. The Kier molecular flexibility index (Phi) is 9.23. The molecule has 2 aliphatic carbocycles. The van der Waals surface area contributed by atoms with Crippen LogP contribution in [-0.4, -0.2) is 52.4 Å². The number of anilines is 2. The summed E-state index contributed by atoms with van der Waals surface area (Å²) in [5, 5.41) is 7.62. The summed E-state index contributed by atoms with van der Waals surface area (Å²) < 4.78 is 40.7. The van der Waals surface area contributed by atoms with Gasteiger partial charge in [-0.15, -0.1) is 0 Å². The van der Waals surface area contributed by atoms with Crippen molar-refractivity contribution in [2.24, 2.45) is 0 Å². The van der Waals surface area contributed by atoms with Crippen LogP contribution in [0.5, 0.6) is 11.6 Å². The smallest absolute Gasteiger partial charge is 0.407 e. The van der Waals surface area contributed by atoms with Crippen molar-refractivity contribution in [3.63, 3.8) is 0 Å². The van der Waals surface area contributed by atoms with E-state index in [9.17, 15) is 13.2 Å². The number of hydrogen-bond acceptors (Lipinski definition) is 9. The summed E-state index contributed by atoms with van der Waals surface area (Å²) in [4.78, 5) is 26.0. The van der Waals surface area contributed by atoms with Crippen LogP contribution in [0.25, 0.3) is 22.0 Å². The fraction of sp³-hybridized carbons (Fsp3) is 0.429. The Morgan fingerprint density at radius 2 is 1.62 bits per heavy atom. The molecule has 2 aliphatic rings. The molecule has 0 aliphatic heterocycles. The number of nitrogens with one attached hydrogen (secondary N) is 3. The summed E-state index contributed by atoms with van der Waals surface area (Å²) in [7, 11) is -3.47. The van der Waals surface area contributed by atoms with E-state index in [-0.39, 0.29) is 23.4 Å². The highest BCUT2D eigenvalue weighted by atomic mass is 32.2. The maximum Gasteiger partial charge on any atom is 0.407 e. The highest BCUT2D eigenvalue weighted by molar-refractivity contribution is 7.93. The van der Waals surface area contributed by atoms with Gasteiger partial charge in [-0.05, 0) is 96.0 Å². The van der Waals surface area contributed by atoms with E-state index < -0.39 is 15.6 Å². The second-order valence-electron chi connectivity index (χ2n) is 13.4. The summed E-state index contributed by atoms with van der Waals surface area (Å²) in [6, 6.07) is 15.2. The molecule has 2 heterocycles. The Balaban J connectivity index is 1.18. The van der Waals surface area contributed by atoms with Crippen LogP contribution in [0.4, 0.5) is 16.4 Å². The van der Waals surface area contributed by atoms with E-state index >= 15 is 0 Å². The highest BCUT2D eigenvalue weighted by Crippen LogP contribution is 2.40. The number of fused-ring (bicyclic) bond motifs is 1. The molecular formula is C35H42N6O5S. The van der Waals surface area contributed by atoms with Crippen LogP contribution in [0, 0.1) is 6.92 Å². The zero-order valence-corrected chi connectivity index (χ0v) is 28.1. The van der Waals surface area contributed by atoms with Gasteiger partial charge in [0.1, 0.15) is 11.4 Å². The molecule has 2 aromatic carbocycles. The lowest BCUT2D eigenvalue weighted by molar-refractivity contribution is 0.0492. The van der Waals surface area contributed by atoms with Gasteiger partial charge in [-0.25, -0.2) is 28.2 Å². The molecule has 12 heteroatoms. The van der Waals surface area contributed by atoms with E-state index in [2.05, 4.69) is 25.3 Å². The minimum Gasteiger partial charge on any atom is -0.444 e. The van der Waals surface area contributed by atoms with E-state index in [1.54, 1.807) is 12.4 Å². The van der Waals surface area contributed by atoms with Gasteiger partial charge in [0, 0.05) is 35.2 Å². The van der Waals surface area contributed by atoms with Crippen molar-refractivity contribution in [3.8, 4) is 22.9 Å². The second-order valence-corrected chi connectivity index (χ2v) is 15.3. The Labute approximate surface area is 276 Å². The Morgan fingerprint density at radius 1 is 0.894 bits per heavy atom. The third-order valence-electron chi connectivity index (χ3n) is 8.61. The van der Waals surface area contributed by atoms with Crippen molar-refractivity contribution < 1.29 is 22.7 Å². The first-order chi connectivity index (χ1) is 22.4. The number of aromatic nitrogens is 3. The maximum atomic E-state index is 13.0.